The topological polar surface area (TPSA) is 26.3 Å². The molecule has 1 unspecified atom stereocenters. The van der Waals surface area contributed by atoms with Gasteiger partial charge in [-0.1, -0.05) is 38.3 Å². The molecule has 0 radical (unpaired) electrons. The van der Waals surface area contributed by atoms with Crippen LogP contribution in [0.25, 0.3) is 0 Å². The average Bonchev–Trinajstić information content (AvgIpc) is 2.26. The van der Waals surface area contributed by atoms with Crippen LogP contribution in [0.3, 0.4) is 0 Å². The smallest absolute Gasteiger partial charge is 0.302 e. The molecule has 100 valence electrons. The van der Waals surface area contributed by atoms with Gasteiger partial charge in [-0.3, -0.25) is 4.79 Å². The van der Waals surface area contributed by atoms with Crippen molar-refractivity contribution in [1.82, 2.24) is 0 Å². The standard InChI is InChI=1S/C15H28O2/c1-4-5-6-7-8-9-10-11-12-13-14(2)17-15(3)16/h7-8,14H,4-6,9-13H2,1-3H3/b8-7+. The molecule has 0 aromatic heterocycles. The summed E-state index contributed by atoms with van der Waals surface area (Å²) < 4.78 is 5.07. The molecule has 1 atom stereocenters. The first kappa shape index (κ1) is 16.2. The minimum Gasteiger partial charge on any atom is -0.463 e. The Kier molecular flexibility index (Phi) is 11.1. The summed E-state index contributed by atoms with van der Waals surface area (Å²) in [7, 11) is 0. The first-order chi connectivity index (χ1) is 8.16. The van der Waals surface area contributed by atoms with Crippen LogP contribution >= 0.6 is 0 Å². The highest BCUT2D eigenvalue weighted by atomic mass is 16.5. The van der Waals surface area contributed by atoms with E-state index in [4.69, 9.17) is 4.74 Å². The second-order valence-electron chi connectivity index (χ2n) is 4.67. The summed E-state index contributed by atoms with van der Waals surface area (Å²) in [5.41, 5.74) is 0. The lowest BCUT2D eigenvalue weighted by Crippen LogP contribution is -2.11. The van der Waals surface area contributed by atoms with Gasteiger partial charge < -0.3 is 4.74 Å². The van der Waals surface area contributed by atoms with E-state index in [9.17, 15) is 4.79 Å². The minimum absolute atomic E-state index is 0.0765. The summed E-state index contributed by atoms with van der Waals surface area (Å²) in [5.74, 6) is -0.170. The van der Waals surface area contributed by atoms with Gasteiger partial charge in [-0.2, -0.15) is 0 Å². The van der Waals surface area contributed by atoms with Crippen LogP contribution in [0.4, 0.5) is 0 Å². The van der Waals surface area contributed by atoms with Crippen molar-refractivity contribution < 1.29 is 9.53 Å². The van der Waals surface area contributed by atoms with E-state index in [1.165, 1.54) is 45.4 Å². The lowest BCUT2D eigenvalue weighted by atomic mass is 10.1. The van der Waals surface area contributed by atoms with E-state index in [0.29, 0.717) is 0 Å². The van der Waals surface area contributed by atoms with Gasteiger partial charge >= 0.3 is 5.97 Å². The maximum Gasteiger partial charge on any atom is 0.302 e. The number of rotatable bonds is 10. The van der Waals surface area contributed by atoms with E-state index < -0.39 is 0 Å². The Bertz CT molecular complexity index is 209. The highest BCUT2D eigenvalue weighted by molar-refractivity contribution is 5.66. The molecule has 0 amide bonds. The summed E-state index contributed by atoms with van der Waals surface area (Å²) in [6.07, 6.45) is 14.3. The molecule has 17 heavy (non-hydrogen) atoms. The lowest BCUT2D eigenvalue weighted by molar-refractivity contribution is -0.145. The SMILES string of the molecule is CCCC/C=C/CCCCCC(C)OC(C)=O. The summed E-state index contributed by atoms with van der Waals surface area (Å²) in [6, 6.07) is 0. The zero-order valence-corrected chi connectivity index (χ0v) is 11.7. The Morgan fingerprint density at radius 2 is 1.76 bits per heavy atom. The molecule has 0 rings (SSSR count). The molecule has 0 heterocycles. The van der Waals surface area contributed by atoms with Crippen molar-refractivity contribution in [2.75, 3.05) is 0 Å². The second-order valence-corrected chi connectivity index (χ2v) is 4.67. The first-order valence-corrected chi connectivity index (χ1v) is 6.99. The molecule has 0 saturated heterocycles. The van der Waals surface area contributed by atoms with E-state index >= 15 is 0 Å². The third-order valence-corrected chi connectivity index (χ3v) is 2.74. The molecule has 0 aromatic carbocycles. The van der Waals surface area contributed by atoms with Crippen molar-refractivity contribution >= 4 is 5.97 Å². The normalized spacial score (nSPS) is 12.9. The maximum atomic E-state index is 10.7. The number of unbranched alkanes of at least 4 members (excludes halogenated alkanes) is 5. The van der Waals surface area contributed by atoms with Crippen LogP contribution in [0.15, 0.2) is 12.2 Å². The lowest BCUT2D eigenvalue weighted by Gasteiger charge is -2.10. The van der Waals surface area contributed by atoms with Gasteiger partial charge in [0.05, 0.1) is 6.10 Å². The van der Waals surface area contributed by atoms with Crippen LogP contribution in [0, 0.1) is 0 Å². The Balaban J connectivity index is 3.23. The Morgan fingerprint density at radius 3 is 2.35 bits per heavy atom. The van der Waals surface area contributed by atoms with Gasteiger partial charge in [0.15, 0.2) is 0 Å². The van der Waals surface area contributed by atoms with Crippen molar-refractivity contribution in [3.05, 3.63) is 12.2 Å². The molecule has 0 bridgehead atoms. The predicted molar refractivity (Wildman–Crippen MR) is 73.0 cm³/mol. The van der Waals surface area contributed by atoms with Crippen molar-refractivity contribution in [1.29, 1.82) is 0 Å². The fourth-order valence-electron chi connectivity index (χ4n) is 1.77. The highest BCUT2D eigenvalue weighted by Crippen LogP contribution is 2.09. The molecule has 0 spiro atoms. The zero-order chi connectivity index (χ0) is 12.9. The minimum atomic E-state index is -0.170. The number of esters is 1. The summed E-state index contributed by atoms with van der Waals surface area (Å²) in [6.45, 7) is 5.65. The quantitative estimate of drug-likeness (QED) is 0.316. The molecule has 0 aliphatic heterocycles. The van der Waals surface area contributed by atoms with Crippen LogP contribution in [0.2, 0.25) is 0 Å². The maximum absolute atomic E-state index is 10.7. The van der Waals surface area contributed by atoms with Gasteiger partial charge in [0.2, 0.25) is 0 Å². The van der Waals surface area contributed by atoms with Crippen molar-refractivity contribution in [2.45, 2.75) is 78.2 Å². The molecule has 0 N–H and O–H groups in total. The van der Waals surface area contributed by atoms with E-state index in [0.717, 1.165) is 12.8 Å². The Labute approximate surface area is 106 Å². The highest BCUT2D eigenvalue weighted by Gasteiger charge is 2.03. The number of carbonyl (C=O) groups excluding carboxylic acids is 1. The van der Waals surface area contributed by atoms with Gasteiger partial charge in [-0.05, 0) is 39.0 Å². The van der Waals surface area contributed by atoms with Crippen LogP contribution in [-0.4, -0.2) is 12.1 Å². The van der Waals surface area contributed by atoms with E-state index in [1.807, 2.05) is 6.92 Å². The molecule has 0 aromatic rings. The van der Waals surface area contributed by atoms with Gasteiger partial charge in [0.1, 0.15) is 0 Å². The van der Waals surface area contributed by atoms with Crippen molar-refractivity contribution in [3.63, 3.8) is 0 Å². The third kappa shape index (κ3) is 13.1. The largest absolute Gasteiger partial charge is 0.463 e. The molecule has 0 fully saturated rings. The number of hydrogen-bond acceptors (Lipinski definition) is 2. The van der Waals surface area contributed by atoms with Crippen LogP contribution < -0.4 is 0 Å². The average molecular weight is 240 g/mol. The van der Waals surface area contributed by atoms with Crippen molar-refractivity contribution in [2.24, 2.45) is 0 Å². The van der Waals surface area contributed by atoms with Gasteiger partial charge in [-0.15, -0.1) is 0 Å². The molecule has 2 heteroatoms. The fraction of sp³-hybridized carbons (Fsp3) is 0.800. The molecule has 0 aliphatic carbocycles. The summed E-state index contributed by atoms with van der Waals surface area (Å²) in [5, 5.41) is 0. The molecule has 0 aliphatic rings. The van der Waals surface area contributed by atoms with Crippen LogP contribution in [-0.2, 0) is 9.53 Å². The van der Waals surface area contributed by atoms with Gasteiger partial charge in [-0.25, -0.2) is 0 Å². The van der Waals surface area contributed by atoms with E-state index in [2.05, 4.69) is 19.1 Å². The third-order valence-electron chi connectivity index (χ3n) is 2.74. The molecule has 2 nitrogen and oxygen atoms in total. The van der Waals surface area contributed by atoms with Crippen molar-refractivity contribution in [3.8, 4) is 0 Å². The zero-order valence-electron chi connectivity index (χ0n) is 11.7. The first-order valence-electron chi connectivity index (χ1n) is 6.99. The molecular weight excluding hydrogens is 212 g/mol. The monoisotopic (exact) mass is 240 g/mol. The Morgan fingerprint density at radius 1 is 1.12 bits per heavy atom. The fourth-order valence-corrected chi connectivity index (χ4v) is 1.77. The number of allylic oxidation sites excluding steroid dienone is 2. The number of ether oxygens (including phenoxy) is 1. The van der Waals surface area contributed by atoms with Gasteiger partial charge in [0.25, 0.3) is 0 Å². The number of carbonyl (C=O) groups is 1. The van der Waals surface area contributed by atoms with Crippen LogP contribution in [0.1, 0.15) is 72.1 Å². The molecule has 0 saturated carbocycles. The van der Waals surface area contributed by atoms with Crippen LogP contribution in [0.5, 0.6) is 0 Å². The van der Waals surface area contributed by atoms with Gasteiger partial charge in [0, 0.05) is 6.92 Å². The Hall–Kier alpha value is -0.790. The van der Waals surface area contributed by atoms with E-state index in [-0.39, 0.29) is 12.1 Å². The second kappa shape index (κ2) is 11.7. The predicted octanol–water partition coefficient (Wildman–Crippen LogP) is 4.63. The summed E-state index contributed by atoms with van der Waals surface area (Å²) >= 11 is 0. The number of hydrogen-bond donors (Lipinski definition) is 0. The molecular formula is C15H28O2. The van der Waals surface area contributed by atoms with E-state index in [1.54, 1.807) is 0 Å². The summed E-state index contributed by atoms with van der Waals surface area (Å²) in [4.78, 5) is 10.7.